The number of para-hydroxylation sites is 1. The highest BCUT2D eigenvalue weighted by atomic mass is 16.6. The molecule has 0 unspecified atom stereocenters. The molecular weight excluding hydrogens is 626 g/mol. The van der Waals surface area contributed by atoms with Crippen molar-refractivity contribution in [3.05, 3.63) is 58.7 Å². The SMILES string of the molecule is Cc1cc(C[C@@H](OC(=O)N2CCC(N3CCc4ccccc4NC3=O)CC2)C(=O)N2CCC(N3CCCC[C@H]3C(=O)[OH2+])CC2)cc(C)c1O. The Bertz CT molecular complexity index is 1530. The maximum absolute atomic E-state index is 14.1. The first kappa shape index (κ1) is 34.5. The third-order valence-corrected chi connectivity index (χ3v) is 10.9. The number of anilines is 1. The summed E-state index contributed by atoms with van der Waals surface area (Å²) in [6, 6.07) is 11.1. The molecule has 2 aromatic carbocycles. The minimum absolute atomic E-state index is 0.00937. The summed E-state index contributed by atoms with van der Waals surface area (Å²) < 4.78 is 6.04. The van der Waals surface area contributed by atoms with Crippen LogP contribution in [0.15, 0.2) is 36.4 Å². The van der Waals surface area contributed by atoms with Gasteiger partial charge in [-0.25, -0.2) is 9.59 Å². The number of aromatic hydroxyl groups is 1. The molecule has 2 atom stereocenters. The largest absolute Gasteiger partial charge is 0.564 e. The van der Waals surface area contributed by atoms with E-state index >= 15 is 0 Å². The lowest BCUT2D eigenvalue weighted by Crippen LogP contribution is -2.55. The molecule has 0 saturated carbocycles. The Balaban J connectivity index is 1.09. The van der Waals surface area contributed by atoms with Gasteiger partial charge in [0, 0.05) is 61.7 Å². The Morgan fingerprint density at radius 3 is 2.24 bits per heavy atom. The molecule has 0 radical (unpaired) electrons. The van der Waals surface area contributed by atoms with Crippen LogP contribution < -0.4 is 5.32 Å². The second-order valence-corrected chi connectivity index (χ2v) is 14.1. The van der Waals surface area contributed by atoms with E-state index in [0.29, 0.717) is 76.0 Å². The summed E-state index contributed by atoms with van der Waals surface area (Å²) in [6.07, 6.45) is 4.62. The number of hydrogen-bond acceptors (Lipinski definition) is 7. The lowest BCUT2D eigenvalue weighted by atomic mass is 9.94. The van der Waals surface area contributed by atoms with Crippen LogP contribution in [0.25, 0.3) is 0 Å². The van der Waals surface area contributed by atoms with Crippen molar-refractivity contribution in [1.82, 2.24) is 19.6 Å². The molecule has 12 nitrogen and oxygen atoms in total. The number of rotatable bonds is 7. The summed E-state index contributed by atoms with van der Waals surface area (Å²) in [7, 11) is 0. The fraction of sp³-hybridized carbons (Fsp3) is 0.568. The van der Waals surface area contributed by atoms with Gasteiger partial charge in [-0.15, -0.1) is 0 Å². The topological polar surface area (TPSA) is 146 Å². The molecule has 4 aliphatic rings. The highest BCUT2D eigenvalue weighted by Crippen LogP contribution is 2.29. The summed E-state index contributed by atoms with van der Waals surface area (Å²) >= 11 is 0. The van der Waals surface area contributed by atoms with Crippen LogP contribution in [0.2, 0.25) is 0 Å². The van der Waals surface area contributed by atoms with Crippen molar-refractivity contribution in [2.24, 2.45) is 0 Å². The fourth-order valence-corrected chi connectivity index (χ4v) is 8.15. The molecule has 0 bridgehead atoms. The highest BCUT2D eigenvalue weighted by Gasteiger charge is 2.41. The number of amides is 4. The number of nitrogens with zero attached hydrogens (tertiary/aromatic N) is 4. The molecule has 12 heteroatoms. The van der Waals surface area contributed by atoms with Gasteiger partial charge >= 0.3 is 18.1 Å². The molecule has 264 valence electrons. The van der Waals surface area contributed by atoms with Crippen LogP contribution in [0, 0.1) is 13.8 Å². The summed E-state index contributed by atoms with van der Waals surface area (Å²) in [5.41, 5.74) is 4.13. The number of hydrogen-bond donors (Lipinski definition) is 2. The molecule has 4 heterocycles. The molecular formula is C37H50N5O7+. The lowest BCUT2D eigenvalue weighted by Gasteiger charge is -2.42. The number of piperidine rings is 3. The van der Waals surface area contributed by atoms with E-state index in [-0.39, 0.29) is 42.2 Å². The second kappa shape index (κ2) is 15.1. The molecule has 3 saturated heterocycles. The maximum Gasteiger partial charge on any atom is 0.533 e. The molecule has 2 aromatic rings. The fourth-order valence-electron chi connectivity index (χ4n) is 8.15. The number of benzene rings is 2. The lowest BCUT2D eigenvalue weighted by molar-refractivity contribution is -0.148. The number of ether oxygens (including phenoxy) is 1. The standard InChI is InChI=1S/C37H49N5O7/c1-24-21-26(22-25(2)33(24)43)23-32(34(44)39-16-11-28(12-17-39)41-15-6-5-9-31(41)35(45)46)49-37(48)40-18-13-29(14-19-40)42-20-10-27-7-3-4-8-30(27)38-36(42)47/h3-4,7-8,21-22,28-29,31-32,43H,5-6,9-20,23H2,1-2H3,(H,38,47)(H,45,46)/p+1/t31-,32+/m0/s1. The molecule has 4 N–H and O–H groups in total. The van der Waals surface area contributed by atoms with Crippen LogP contribution >= 0.6 is 0 Å². The van der Waals surface area contributed by atoms with Gasteiger partial charge < -0.3 is 35.0 Å². The number of phenolic OH excluding ortho intramolecular Hbond substituents is 1. The van der Waals surface area contributed by atoms with Gasteiger partial charge in [0.2, 0.25) is 0 Å². The number of aryl methyl sites for hydroxylation is 2. The third-order valence-electron chi connectivity index (χ3n) is 10.9. The Labute approximate surface area is 288 Å². The molecule has 0 aliphatic carbocycles. The van der Waals surface area contributed by atoms with E-state index in [4.69, 9.17) is 9.84 Å². The van der Waals surface area contributed by atoms with Crippen molar-refractivity contribution in [1.29, 1.82) is 0 Å². The van der Waals surface area contributed by atoms with Crippen molar-refractivity contribution in [2.45, 2.75) is 95.9 Å². The van der Waals surface area contributed by atoms with Crippen LogP contribution in [-0.4, -0.2) is 117 Å². The van der Waals surface area contributed by atoms with Crippen LogP contribution in [0.3, 0.4) is 0 Å². The van der Waals surface area contributed by atoms with E-state index in [0.717, 1.165) is 42.6 Å². The van der Waals surface area contributed by atoms with Crippen molar-refractivity contribution < 1.29 is 34.1 Å². The Hall–Kier alpha value is -4.32. The number of phenols is 1. The van der Waals surface area contributed by atoms with Gasteiger partial charge in [0.1, 0.15) is 5.75 Å². The van der Waals surface area contributed by atoms with Crippen molar-refractivity contribution in [3.63, 3.8) is 0 Å². The first-order valence-corrected chi connectivity index (χ1v) is 17.8. The maximum atomic E-state index is 14.1. The van der Waals surface area contributed by atoms with Crippen LogP contribution in [0.4, 0.5) is 15.3 Å². The van der Waals surface area contributed by atoms with Crippen LogP contribution in [0.1, 0.15) is 67.2 Å². The highest BCUT2D eigenvalue weighted by molar-refractivity contribution is 5.91. The Morgan fingerprint density at radius 2 is 1.55 bits per heavy atom. The van der Waals surface area contributed by atoms with Gasteiger partial charge in [0.25, 0.3) is 5.91 Å². The van der Waals surface area contributed by atoms with E-state index in [1.165, 1.54) is 0 Å². The quantitative estimate of drug-likeness (QED) is 0.426. The average molecular weight is 677 g/mol. The molecule has 6 rings (SSSR count). The summed E-state index contributed by atoms with van der Waals surface area (Å²) in [5.74, 6) is -0.579. The van der Waals surface area contributed by atoms with E-state index in [9.17, 15) is 24.3 Å². The molecule has 0 spiro atoms. The molecule has 3 fully saturated rings. The number of carbonyl (C=O) groups excluding carboxylic acids is 4. The number of urea groups is 1. The molecule has 49 heavy (non-hydrogen) atoms. The van der Waals surface area contributed by atoms with E-state index in [1.54, 1.807) is 9.80 Å². The first-order valence-electron chi connectivity index (χ1n) is 17.8. The zero-order chi connectivity index (χ0) is 34.7. The summed E-state index contributed by atoms with van der Waals surface area (Å²) in [4.78, 5) is 60.2. The van der Waals surface area contributed by atoms with E-state index < -0.39 is 18.2 Å². The van der Waals surface area contributed by atoms with E-state index in [1.807, 2.05) is 55.1 Å². The number of likely N-dealkylation sites (tertiary alicyclic amines) is 3. The Kier molecular flexibility index (Phi) is 10.6. The van der Waals surface area contributed by atoms with Crippen LogP contribution in [-0.2, 0) is 27.2 Å². The predicted octanol–water partition coefficient (Wildman–Crippen LogP) is 3.71. The van der Waals surface area contributed by atoms with Gasteiger partial charge in [0.15, 0.2) is 12.1 Å². The average Bonchev–Trinajstić information content (AvgIpc) is 3.28. The minimum atomic E-state index is -1.04. The Morgan fingerprint density at radius 1 is 0.898 bits per heavy atom. The van der Waals surface area contributed by atoms with Gasteiger partial charge in [-0.05, 0) is 100 Å². The van der Waals surface area contributed by atoms with Gasteiger partial charge in [-0.2, -0.15) is 0 Å². The van der Waals surface area contributed by atoms with Gasteiger partial charge in [0.05, 0.1) is 0 Å². The minimum Gasteiger partial charge on any atom is -0.564 e. The normalized spacial score (nSPS) is 21.8. The molecule has 0 aromatic heterocycles. The van der Waals surface area contributed by atoms with Crippen molar-refractivity contribution in [2.75, 3.05) is 44.6 Å². The van der Waals surface area contributed by atoms with Gasteiger partial charge in [-0.3, -0.25) is 9.69 Å². The number of carbonyl (C=O) groups is 4. The first-order chi connectivity index (χ1) is 23.6. The smallest absolute Gasteiger partial charge is 0.533 e. The second-order valence-electron chi connectivity index (χ2n) is 14.1. The van der Waals surface area contributed by atoms with Gasteiger partial charge in [-0.1, -0.05) is 30.3 Å². The number of nitrogens with one attached hydrogen (secondary N) is 1. The zero-order valence-electron chi connectivity index (χ0n) is 28.7. The summed E-state index contributed by atoms with van der Waals surface area (Å²) in [5, 5.41) is 21.1. The zero-order valence-corrected chi connectivity index (χ0v) is 28.7. The monoisotopic (exact) mass is 676 g/mol. The summed E-state index contributed by atoms with van der Waals surface area (Å²) in [6.45, 7) is 6.80. The molecule has 4 aliphatic heterocycles. The van der Waals surface area contributed by atoms with Crippen molar-refractivity contribution in [3.8, 4) is 5.75 Å². The molecule has 4 amide bonds. The third kappa shape index (κ3) is 7.79. The predicted molar refractivity (Wildman–Crippen MR) is 185 cm³/mol. The number of fused-ring (bicyclic) bond motifs is 1. The van der Waals surface area contributed by atoms with Crippen LogP contribution in [0.5, 0.6) is 5.75 Å². The van der Waals surface area contributed by atoms with Crippen molar-refractivity contribution >= 4 is 29.7 Å². The van der Waals surface area contributed by atoms with E-state index in [2.05, 4.69) is 10.2 Å².